The number of carbonyl (C=O) groups is 1. The quantitative estimate of drug-likeness (QED) is 0.755. The lowest BCUT2D eigenvalue weighted by molar-refractivity contribution is -0.121. The Bertz CT molecular complexity index is 651. The first-order valence-corrected chi connectivity index (χ1v) is 8.51. The summed E-state index contributed by atoms with van der Waals surface area (Å²) in [6.45, 7) is -3.15. The molecule has 0 spiro atoms. The summed E-state index contributed by atoms with van der Waals surface area (Å²) in [6, 6.07) is 4.87. The second kappa shape index (κ2) is 8.54. The fourth-order valence-corrected chi connectivity index (χ4v) is 3.35. The third kappa shape index (κ3) is 5.35. The fraction of sp³-hybridized carbons (Fsp3) is 0.500. The highest BCUT2D eigenvalue weighted by Gasteiger charge is 2.33. The zero-order valence-corrected chi connectivity index (χ0v) is 14.8. The highest BCUT2D eigenvalue weighted by atomic mass is 35.5. The van der Waals surface area contributed by atoms with Crippen LogP contribution in [0.3, 0.4) is 0 Å². The molecule has 9 heteroatoms. The van der Waals surface area contributed by atoms with Gasteiger partial charge in [-0.2, -0.15) is 14.0 Å². The molecule has 0 atom stereocenters. The second-order valence-corrected chi connectivity index (χ2v) is 6.62. The molecule has 0 heterocycles. The van der Waals surface area contributed by atoms with Crippen LogP contribution in [0.25, 0.3) is 0 Å². The highest BCUT2D eigenvalue weighted by molar-refractivity contribution is 6.37. The monoisotopic (exact) mass is 391 g/mol. The van der Waals surface area contributed by atoms with Gasteiger partial charge in [-0.05, 0) is 25.0 Å². The topological polar surface area (TPSA) is 74.2 Å². The number of nitrogens with zero attached hydrogens (tertiary/aromatic N) is 1. The molecule has 0 radical (unpaired) electrons. The maximum atomic E-state index is 12.3. The molecule has 136 valence electrons. The lowest BCUT2D eigenvalue weighted by Crippen LogP contribution is -2.50. The van der Waals surface area contributed by atoms with Crippen molar-refractivity contribution < 1.29 is 18.3 Å². The van der Waals surface area contributed by atoms with Gasteiger partial charge in [0.05, 0.1) is 22.7 Å². The van der Waals surface area contributed by atoms with Crippen molar-refractivity contribution in [3.8, 4) is 11.8 Å². The van der Waals surface area contributed by atoms with E-state index < -0.39 is 12.2 Å². The molecule has 0 aromatic heterocycles. The number of halogens is 4. The van der Waals surface area contributed by atoms with E-state index in [2.05, 4.69) is 21.4 Å². The van der Waals surface area contributed by atoms with E-state index in [4.69, 9.17) is 23.2 Å². The Kier molecular flexibility index (Phi) is 6.68. The molecule has 1 amide bonds. The molecule has 0 aliphatic heterocycles. The van der Waals surface area contributed by atoms with Crippen molar-refractivity contribution in [2.24, 2.45) is 0 Å². The number of anilines is 1. The van der Waals surface area contributed by atoms with Gasteiger partial charge >= 0.3 is 6.61 Å². The maximum Gasteiger partial charge on any atom is 0.387 e. The van der Waals surface area contributed by atoms with E-state index in [1.54, 1.807) is 0 Å². The van der Waals surface area contributed by atoms with Gasteiger partial charge in [-0.1, -0.05) is 42.5 Å². The molecule has 0 saturated heterocycles. The summed E-state index contributed by atoms with van der Waals surface area (Å²) in [5, 5.41) is 14.7. The van der Waals surface area contributed by atoms with Gasteiger partial charge in [0.1, 0.15) is 5.54 Å². The minimum Gasteiger partial charge on any atom is -0.432 e. The first kappa shape index (κ1) is 19.5. The number of hydrogen-bond acceptors (Lipinski definition) is 4. The van der Waals surface area contributed by atoms with Crippen molar-refractivity contribution in [2.75, 3.05) is 11.9 Å². The second-order valence-electron chi connectivity index (χ2n) is 5.80. The van der Waals surface area contributed by atoms with E-state index in [1.165, 1.54) is 12.1 Å². The predicted octanol–water partition coefficient (Wildman–Crippen LogP) is 4.35. The molecule has 1 aliphatic rings. The van der Waals surface area contributed by atoms with Crippen LogP contribution in [0, 0.1) is 11.3 Å². The van der Waals surface area contributed by atoms with Crippen molar-refractivity contribution in [1.82, 2.24) is 5.32 Å². The Hall–Kier alpha value is -1.78. The normalized spacial score (nSPS) is 16.2. The molecular formula is C16H17Cl2F2N3O2. The smallest absolute Gasteiger partial charge is 0.387 e. The summed E-state index contributed by atoms with van der Waals surface area (Å²) >= 11 is 11.7. The number of carbonyl (C=O) groups excluding carboxylic acids is 1. The van der Waals surface area contributed by atoms with Crippen LogP contribution in [0.2, 0.25) is 10.0 Å². The highest BCUT2D eigenvalue weighted by Crippen LogP contribution is 2.37. The Morgan fingerprint density at radius 2 is 1.88 bits per heavy atom. The van der Waals surface area contributed by atoms with E-state index >= 15 is 0 Å². The number of alkyl halides is 2. The van der Waals surface area contributed by atoms with Gasteiger partial charge in [-0.25, -0.2) is 0 Å². The van der Waals surface area contributed by atoms with Crippen molar-refractivity contribution in [3.05, 3.63) is 22.2 Å². The number of ether oxygens (including phenoxy) is 1. The minimum atomic E-state index is -3.04. The molecule has 1 aromatic rings. The first-order chi connectivity index (χ1) is 11.8. The molecule has 1 aliphatic carbocycles. The van der Waals surface area contributed by atoms with E-state index in [-0.39, 0.29) is 28.2 Å². The molecule has 1 fully saturated rings. The summed E-state index contributed by atoms with van der Waals surface area (Å²) in [4.78, 5) is 12.1. The SMILES string of the molecule is N#CC1(NC(=O)CNc2cc(Cl)c(OC(F)F)c(Cl)c2)CCCCC1. The average Bonchev–Trinajstić information content (AvgIpc) is 2.57. The number of nitriles is 1. The van der Waals surface area contributed by atoms with Crippen LogP contribution in [-0.4, -0.2) is 24.6 Å². The van der Waals surface area contributed by atoms with Gasteiger partial charge in [0.15, 0.2) is 5.75 Å². The van der Waals surface area contributed by atoms with E-state index in [0.717, 1.165) is 19.3 Å². The number of amides is 1. The summed E-state index contributed by atoms with van der Waals surface area (Å²) in [5.41, 5.74) is -0.442. The van der Waals surface area contributed by atoms with Crippen LogP contribution in [0.5, 0.6) is 5.75 Å². The van der Waals surface area contributed by atoms with E-state index in [9.17, 15) is 18.8 Å². The Labute approximate surface area is 154 Å². The molecule has 2 rings (SSSR count). The van der Waals surface area contributed by atoms with E-state index in [1.807, 2.05) is 0 Å². The van der Waals surface area contributed by atoms with Crippen molar-refractivity contribution in [2.45, 2.75) is 44.3 Å². The molecule has 0 unspecified atom stereocenters. The first-order valence-electron chi connectivity index (χ1n) is 7.75. The minimum absolute atomic E-state index is 0.100. The van der Waals surface area contributed by atoms with Crippen molar-refractivity contribution in [1.29, 1.82) is 5.26 Å². The largest absolute Gasteiger partial charge is 0.432 e. The van der Waals surface area contributed by atoms with Gasteiger partial charge in [-0.3, -0.25) is 4.79 Å². The van der Waals surface area contributed by atoms with Crippen LogP contribution >= 0.6 is 23.2 Å². The van der Waals surface area contributed by atoms with Crippen LogP contribution in [0.15, 0.2) is 12.1 Å². The van der Waals surface area contributed by atoms with Crippen molar-refractivity contribution in [3.63, 3.8) is 0 Å². The maximum absolute atomic E-state index is 12.3. The molecule has 0 bridgehead atoms. The standard InChI is InChI=1S/C16H17Cl2F2N3O2/c17-11-6-10(7-12(18)14(11)25-15(19)20)22-8-13(24)23-16(9-21)4-2-1-3-5-16/h6-7,15,22H,1-5,8H2,(H,23,24). The number of nitrogens with one attached hydrogen (secondary N) is 2. The zero-order valence-electron chi connectivity index (χ0n) is 13.3. The molecule has 5 nitrogen and oxygen atoms in total. The third-order valence-corrected chi connectivity index (χ3v) is 4.52. The molecule has 2 N–H and O–H groups in total. The number of benzene rings is 1. The molecule has 1 aromatic carbocycles. The number of rotatable bonds is 6. The zero-order chi connectivity index (χ0) is 18.4. The van der Waals surface area contributed by atoms with Crippen LogP contribution < -0.4 is 15.4 Å². The Morgan fingerprint density at radius 1 is 1.28 bits per heavy atom. The third-order valence-electron chi connectivity index (χ3n) is 3.96. The summed E-state index contributed by atoms with van der Waals surface area (Å²) in [7, 11) is 0. The molecule has 25 heavy (non-hydrogen) atoms. The van der Waals surface area contributed by atoms with Gasteiger partial charge < -0.3 is 15.4 Å². The van der Waals surface area contributed by atoms with E-state index in [0.29, 0.717) is 18.5 Å². The van der Waals surface area contributed by atoms with Crippen LogP contribution in [-0.2, 0) is 4.79 Å². The lowest BCUT2D eigenvalue weighted by atomic mass is 9.83. The van der Waals surface area contributed by atoms with Crippen LogP contribution in [0.1, 0.15) is 32.1 Å². The van der Waals surface area contributed by atoms with Gasteiger partial charge in [-0.15, -0.1) is 0 Å². The van der Waals surface area contributed by atoms with Gasteiger partial charge in [0.25, 0.3) is 0 Å². The Morgan fingerprint density at radius 3 is 2.40 bits per heavy atom. The Balaban J connectivity index is 1.96. The molecule has 1 saturated carbocycles. The lowest BCUT2D eigenvalue weighted by Gasteiger charge is -2.31. The van der Waals surface area contributed by atoms with Crippen molar-refractivity contribution >= 4 is 34.8 Å². The summed E-state index contributed by atoms with van der Waals surface area (Å²) in [5.74, 6) is -0.664. The summed E-state index contributed by atoms with van der Waals surface area (Å²) < 4.78 is 28.8. The van der Waals surface area contributed by atoms with Gasteiger partial charge in [0, 0.05) is 5.69 Å². The fourth-order valence-electron chi connectivity index (χ4n) is 2.78. The van der Waals surface area contributed by atoms with Crippen LogP contribution in [0.4, 0.5) is 14.5 Å². The van der Waals surface area contributed by atoms with Gasteiger partial charge in [0.2, 0.25) is 5.91 Å². The predicted molar refractivity (Wildman–Crippen MR) is 91.2 cm³/mol. The summed E-state index contributed by atoms with van der Waals surface area (Å²) in [6.07, 6.45) is 4.12. The number of hydrogen-bond donors (Lipinski definition) is 2. The molecular weight excluding hydrogens is 375 g/mol. The average molecular weight is 392 g/mol.